The number of aryl methyl sites for hydroxylation is 2. The summed E-state index contributed by atoms with van der Waals surface area (Å²) < 4.78 is 7.58. The van der Waals surface area contributed by atoms with Crippen LogP contribution in [0.4, 0.5) is 0 Å². The number of ketones is 1. The molecule has 0 atom stereocenters. The first-order valence-electron chi connectivity index (χ1n) is 9.28. The van der Waals surface area contributed by atoms with E-state index in [1.807, 2.05) is 57.5 Å². The van der Waals surface area contributed by atoms with Crippen molar-refractivity contribution < 1.29 is 9.53 Å². The summed E-state index contributed by atoms with van der Waals surface area (Å²) >= 11 is 7.50. The SMILES string of the molecule is Cc1cc(C)c(C)c(C(=O)CSc2nnc(COc3ccccc3Cl)n2C)c1C. The Morgan fingerprint density at radius 1 is 1.10 bits per heavy atom. The minimum atomic E-state index is 0.105. The zero-order valence-corrected chi connectivity index (χ0v) is 18.8. The summed E-state index contributed by atoms with van der Waals surface area (Å²) in [7, 11) is 1.87. The number of carbonyl (C=O) groups excluding carboxylic acids is 1. The molecule has 0 N–H and O–H groups in total. The maximum Gasteiger partial charge on any atom is 0.191 e. The van der Waals surface area contributed by atoms with E-state index in [0.29, 0.717) is 27.5 Å². The molecule has 1 aromatic heterocycles. The minimum absolute atomic E-state index is 0.105. The second-order valence-electron chi connectivity index (χ2n) is 7.02. The molecule has 152 valence electrons. The van der Waals surface area contributed by atoms with Crippen LogP contribution in [0.25, 0.3) is 0 Å². The molecule has 0 saturated heterocycles. The summed E-state index contributed by atoms with van der Waals surface area (Å²) in [6.45, 7) is 8.34. The summed E-state index contributed by atoms with van der Waals surface area (Å²) in [6, 6.07) is 9.42. The third-order valence-corrected chi connectivity index (χ3v) is 6.43. The fourth-order valence-electron chi connectivity index (χ4n) is 3.14. The van der Waals surface area contributed by atoms with E-state index in [9.17, 15) is 4.79 Å². The largest absolute Gasteiger partial charge is 0.484 e. The molecule has 29 heavy (non-hydrogen) atoms. The molecule has 3 aromatic rings. The number of halogens is 1. The first-order valence-corrected chi connectivity index (χ1v) is 10.6. The van der Waals surface area contributed by atoms with Gasteiger partial charge >= 0.3 is 0 Å². The standard InChI is InChI=1S/C22H24ClN3O2S/c1-13-10-14(2)16(4)21(15(13)3)18(27)12-29-22-25-24-20(26(22)5)11-28-19-9-7-6-8-17(19)23/h6-10H,11-12H2,1-5H3. The van der Waals surface area contributed by atoms with Gasteiger partial charge in [-0.05, 0) is 62.1 Å². The predicted octanol–water partition coefficient (Wildman–Crippen LogP) is 5.26. The lowest BCUT2D eigenvalue weighted by atomic mass is 9.92. The van der Waals surface area contributed by atoms with Crippen LogP contribution in [-0.2, 0) is 13.7 Å². The highest BCUT2D eigenvalue weighted by atomic mass is 35.5. The van der Waals surface area contributed by atoms with Crippen LogP contribution < -0.4 is 4.74 Å². The van der Waals surface area contributed by atoms with Gasteiger partial charge in [-0.15, -0.1) is 10.2 Å². The summed E-state index contributed by atoms with van der Waals surface area (Å²) in [5, 5.41) is 9.62. The molecule has 0 amide bonds. The van der Waals surface area contributed by atoms with Crippen molar-refractivity contribution in [1.29, 1.82) is 0 Å². The van der Waals surface area contributed by atoms with Gasteiger partial charge in [-0.1, -0.05) is 41.6 Å². The number of carbonyl (C=O) groups is 1. The van der Waals surface area contributed by atoms with Crippen molar-refractivity contribution in [3.63, 3.8) is 0 Å². The molecule has 0 saturated carbocycles. The number of hydrogen-bond acceptors (Lipinski definition) is 5. The van der Waals surface area contributed by atoms with E-state index in [-0.39, 0.29) is 12.4 Å². The van der Waals surface area contributed by atoms with Gasteiger partial charge < -0.3 is 9.30 Å². The van der Waals surface area contributed by atoms with Crippen molar-refractivity contribution in [2.75, 3.05) is 5.75 Å². The average molecular weight is 430 g/mol. The molecule has 0 bridgehead atoms. The van der Waals surface area contributed by atoms with E-state index < -0.39 is 0 Å². The smallest absolute Gasteiger partial charge is 0.191 e. The Kier molecular flexibility index (Phi) is 6.65. The van der Waals surface area contributed by atoms with Gasteiger partial charge in [0.2, 0.25) is 0 Å². The van der Waals surface area contributed by atoms with Gasteiger partial charge in [0.25, 0.3) is 0 Å². The van der Waals surface area contributed by atoms with Crippen molar-refractivity contribution >= 4 is 29.1 Å². The van der Waals surface area contributed by atoms with Crippen molar-refractivity contribution in [3.05, 3.63) is 69.0 Å². The summed E-state index contributed by atoms with van der Waals surface area (Å²) in [5.41, 5.74) is 5.19. The normalized spacial score (nSPS) is 11.0. The van der Waals surface area contributed by atoms with Crippen LogP contribution >= 0.6 is 23.4 Å². The van der Waals surface area contributed by atoms with E-state index >= 15 is 0 Å². The van der Waals surface area contributed by atoms with Crippen molar-refractivity contribution in [2.24, 2.45) is 7.05 Å². The second kappa shape index (κ2) is 9.01. The fraction of sp³-hybridized carbons (Fsp3) is 0.318. The van der Waals surface area contributed by atoms with Gasteiger partial charge in [0, 0.05) is 12.6 Å². The van der Waals surface area contributed by atoms with Crippen LogP contribution in [0.1, 0.15) is 38.4 Å². The van der Waals surface area contributed by atoms with Gasteiger partial charge in [0.05, 0.1) is 10.8 Å². The first-order chi connectivity index (χ1) is 13.8. The van der Waals surface area contributed by atoms with Crippen LogP contribution in [0, 0.1) is 27.7 Å². The Morgan fingerprint density at radius 2 is 1.76 bits per heavy atom. The molecule has 5 nitrogen and oxygen atoms in total. The van der Waals surface area contributed by atoms with E-state index in [2.05, 4.69) is 16.3 Å². The molecule has 2 aromatic carbocycles. The first kappa shape index (κ1) is 21.4. The molecule has 0 radical (unpaired) electrons. The second-order valence-corrected chi connectivity index (χ2v) is 8.37. The van der Waals surface area contributed by atoms with Gasteiger partial charge in [0.15, 0.2) is 16.8 Å². The number of para-hydroxylation sites is 1. The van der Waals surface area contributed by atoms with E-state index in [1.165, 1.54) is 11.8 Å². The Hall–Kier alpha value is -2.31. The van der Waals surface area contributed by atoms with Crippen molar-refractivity contribution in [1.82, 2.24) is 14.8 Å². The molecular weight excluding hydrogens is 406 g/mol. The molecule has 0 aliphatic carbocycles. The highest BCUT2D eigenvalue weighted by Crippen LogP contribution is 2.26. The van der Waals surface area contributed by atoms with Crippen LogP contribution in [-0.4, -0.2) is 26.3 Å². The van der Waals surface area contributed by atoms with Crippen molar-refractivity contribution in [2.45, 2.75) is 39.5 Å². The van der Waals surface area contributed by atoms with Crippen LogP contribution in [0.15, 0.2) is 35.5 Å². The number of aromatic nitrogens is 3. The predicted molar refractivity (Wildman–Crippen MR) is 117 cm³/mol. The number of hydrogen-bond donors (Lipinski definition) is 0. The van der Waals surface area contributed by atoms with Crippen molar-refractivity contribution in [3.8, 4) is 5.75 Å². The Balaban J connectivity index is 1.68. The maximum absolute atomic E-state index is 12.9. The van der Waals surface area contributed by atoms with E-state index in [4.69, 9.17) is 16.3 Å². The average Bonchev–Trinajstić information content (AvgIpc) is 3.04. The third-order valence-electron chi connectivity index (χ3n) is 5.10. The zero-order valence-electron chi connectivity index (χ0n) is 17.2. The lowest BCUT2D eigenvalue weighted by molar-refractivity contribution is 0.102. The molecule has 3 rings (SSSR count). The quantitative estimate of drug-likeness (QED) is 0.379. The molecule has 0 unspecified atom stereocenters. The molecule has 0 spiro atoms. The molecule has 0 aliphatic heterocycles. The molecule has 0 aliphatic rings. The monoisotopic (exact) mass is 429 g/mol. The minimum Gasteiger partial charge on any atom is -0.484 e. The number of ether oxygens (including phenoxy) is 1. The van der Waals surface area contributed by atoms with Crippen LogP contribution in [0.3, 0.4) is 0 Å². The number of Topliss-reactive ketones (excluding diaryl/α,β-unsaturated/α-hetero) is 1. The molecule has 7 heteroatoms. The van der Waals surface area contributed by atoms with Gasteiger partial charge in [0.1, 0.15) is 12.4 Å². The topological polar surface area (TPSA) is 57.0 Å². The van der Waals surface area contributed by atoms with E-state index in [1.54, 1.807) is 6.07 Å². The van der Waals surface area contributed by atoms with E-state index in [0.717, 1.165) is 27.8 Å². The fourth-order valence-corrected chi connectivity index (χ4v) is 4.13. The van der Waals surface area contributed by atoms with Crippen LogP contribution in [0.5, 0.6) is 5.75 Å². The summed E-state index contributed by atoms with van der Waals surface area (Å²) in [5.74, 6) is 1.68. The number of rotatable bonds is 7. The third kappa shape index (κ3) is 4.65. The Bertz CT molecular complexity index is 1040. The summed E-state index contributed by atoms with van der Waals surface area (Å²) in [6.07, 6.45) is 0. The van der Waals surface area contributed by atoms with Gasteiger partial charge in [-0.3, -0.25) is 4.79 Å². The lowest BCUT2D eigenvalue weighted by Gasteiger charge is -2.14. The number of nitrogens with zero attached hydrogens (tertiary/aromatic N) is 3. The highest BCUT2D eigenvalue weighted by Gasteiger charge is 2.18. The Labute approximate surface area is 180 Å². The number of thioether (sulfide) groups is 1. The summed E-state index contributed by atoms with van der Waals surface area (Å²) in [4.78, 5) is 12.9. The van der Waals surface area contributed by atoms with Gasteiger partial charge in [-0.2, -0.15) is 0 Å². The molecule has 0 fully saturated rings. The maximum atomic E-state index is 12.9. The van der Waals surface area contributed by atoms with Gasteiger partial charge in [-0.25, -0.2) is 0 Å². The zero-order chi connectivity index (χ0) is 21.1. The lowest BCUT2D eigenvalue weighted by Crippen LogP contribution is -2.11. The highest BCUT2D eigenvalue weighted by molar-refractivity contribution is 7.99. The Morgan fingerprint density at radius 3 is 2.41 bits per heavy atom. The number of benzene rings is 2. The molecular formula is C22H24ClN3O2S. The van der Waals surface area contributed by atoms with Crippen LogP contribution in [0.2, 0.25) is 5.02 Å². The molecule has 1 heterocycles.